The highest BCUT2D eigenvalue weighted by atomic mass is 15.1. The molecule has 8 aromatic carbocycles. The van der Waals surface area contributed by atoms with Crippen LogP contribution < -0.4 is 4.90 Å². The van der Waals surface area contributed by atoms with Gasteiger partial charge in [-0.05, 0) is 91.5 Å². The Balaban J connectivity index is 1.29. The molecule has 0 spiro atoms. The molecule has 248 valence electrons. The molecule has 0 bridgehead atoms. The van der Waals surface area contributed by atoms with E-state index >= 15 is 0 Å². The zero-order valence-electron chi connectivity index (χ0n) is 29.5. The molecule has 0 fully saturated rings. The second kappa shape index (κ2) is 13.0. The number of fused-ring (bicyclic) bond motifs is 3. The number of para-hydroxylation sites is 1. The van der Waals surface area contributed by atoms with Crippen molar-refractivity contribution in [2.45, 2.75) is 19.3 Å². The predicted octanol–water partition coefficient (Wildman–Crippen LogP) is 14.1. The van der Waals surface area contributed by atoms with E-state index in [0.29, 0.717) is 0 Å². The van der Waals surface area contributed by atoms with Gasteiger partial charge in [0.2, 0.25) is 0 Å². The average Bonchev–Trinajstić information content (AvgIpc) is 3.45. The number of hydrogen-bond acceptors (Lipinski definition) is 1. The SMILES string of the molecule is CC1(C)c2ccccc2-c2cccc(-c3cccc(N(c4ccccc4)c4cccc(-c5ccccc5)c4-c4ccccc4-c4ccccc4)c3)c21. The summed E-state index contributed by atoms with van der Waals surface area (Å²) in [5.74, 6) is 0. The molecule has 0 atom stereocenters. The van der Waals surface area contributed by atoms with Gasteiger partial charge in [-0.1, -0.05) is 184 Å². The van der Waals surface area contributed by atoms with Crippen LogP contribution in [0.25, 0.3) is 55.6 Å². The summed E-state index contributed by atoms with van der Waals surface area (Å²) in [7, 11) is 0. The molecule has 0 heterocycles. The molecule has 0 unspecified atom stereocenters. The molecule has 52 heavy (non-hydrogen) atoms. The van der Waals surface area contributed by atoms with Crippen LogP contribution in [0.2, 0.25) is 0 Å². The molecule has 1 nitrogen and oxygen atoms in total. The minimum absolute atomic E-state index is 0.115. The molecule has 0 saturated heterocycles. The van der Waals surface area contributed by atoms with Gasteiger partial charge in [-0.25, -0.2) is 0 Å². The summed E-state index contributed by atoms with van der Waals surface area (Å²) >= 11 is 0. The molecule has 0 aromatic heterocycles. The predicted molar refractivity (Wildman–Crippen MR) is 220 cm³/mol. The number of hydrogen-bond donors (Lipinski definition) is 0. The van der Waals surface area contributed by atoms with Gasteiger partial charge in [-0.2, -0.15) is 0 Å². The Hall–Kier alpha value is -6.44. The smallest absolute Gasteiger partial charge is 0.0546 e. The second-order valence-corrected chi connectivity index (χ2v) is 14.1. The van der Waals surface area contributed by atoms with Gasteiger partial charge in [-0.3, -0.25) is 0 Å². The summed E-state index contributed by atoms with van der Waals surface area (Å²) in [5.41, 5.74) is 18.3. The molecule has 0 amide bonds. The van der Waals surface area contributed by atoms with E-state index in [1.54, 1.807) is 0 Å². The summed E-state index contributed by atoms with van der Waals surface area (Å²) in [5, 5.41) is 0. The fourth-order valence-corrected chi connectivity index (χ4v) is 8.34. The molecule has 0 N–H and O–H groups in total. The van der Waals surface area contributed by atoms with Crippen LogP contribution in [-0.2, 0) is 5.41 Å². The van der Waals surface area contributed by atoms with Gasteiger partial charge in [0, 0.05) is 22.4 Å². The number of rotatable bonds is 7. The molecule has 1 heteroatoms. The van der Waals surface area contributed by atoms with E-state index in [2.05, 4.69) is 219 Å². The maximum absolute atomic E-state index is 2.44. The highest BCUT2D eigenvalue weighted by molar-refractivity contribution is 6.01. The van der Waals surface area contributed by atoms with E-state index in [0.717, 1.165) is 17.1 Å². The molecule has 0 aliphatic heterocycles. The lowest BCUT2D eigenvalue weighted by Crippen LogP contribution is -2.16. The molecule has 8 aromatic rings. The van der Waals surface area contributed by atoms with Gasteiger partial charge in [0.05, 0.1) is 5.69 Å². The van der Waals surface area contributed by atoms with Crippen LogP contribution in [0.4, 0.5) is 17.1 Å². The summed E-state index contributed by atoms with van der Waals surface area (Å²) in [6, 6.07) is 72.7. The monoisotopic (exact) mass is 665 g/mol. The van der Waals surface area contributed by atoms with Crippen LogP contribution in [0.15, 0.2) is 200 Å². The molecule has 9 rings (SSSR count). The Kier molecular flexibility index (Phi) is 7.90. The van der Waals surface area contributed by atoms with E-state index in [1.807, 2.05) is 0 Å². The lowest BCUT2D eigenvalue weighted by molar-refractivity contribution is 0.662. The minimum Gasteiger partial charge on any atom is -0.310 e. The third-order valence-corrected chi connectivity index (χ3v) is 10.7. The second-order valence-electron chi connectivity index (χ2n) is 14.1. The zero-order valence-corrected chi connectivity index (χ0v) is 29.5. The van der Waals surface area contributed by atoms with E-state index in [4.69, 9.17) is 0 Å². The van der Waals surface area contributed by atoms with Crippen molar-refractivity contribution in [2.24, 2.45) is 0 Å². The van der Waals surface area contributed by atoms with Crippen molar-refractivity contribution in [2.75, 3.05) is 4.90 Å². The van der Waals surface area contributed by atoms with Crippen molar-refractivity contribution in [3.63, 3.8) is 0 Å². The van der Waals surface area contributed by atoms with Crippen LogP contribution in [0.5, 0.6) is 0 Å². The van der Waals surface area contributed by atoms with Crippen LogP contribution in [-0.4, -0.2) is 0 Å². The van der Waals surface area contributed by atoms with Gasteiger partial charge in [0.25, 0.3) is 0 Å². The Morgan fingerprint density at radius 1 is 0.346 bits per heavy atom. The molecule has 1 aliphatic carbocycles. The van der Waals surface area contributed by atoms with Gasteiger partial charge in [-0.15, -0.1) is 0 Å². The molecule has 1 aliphatic rings. The number of benzene rings is 8. The molecular weight excluding hydrogens is 627 g/mol. The number of anilines is 3. The first-order valence-electron chi connectivity index (χ1n) is 18.1. The first-order valence-corrected chi connectivity index (χ1v) is 18.1. The van der Waals surface area contributed by atoms with Crippen LogP contribution in [0, 0.1) is 0 Å². The standard InChI is InChI=1S/C51H39N/c1-51(2)47-33-15-14-28-44(47)46-32-17-31-43(50(46)51)38-23-16-26-40(35-38)52(39-24-10-5-11-25-39)48-34-18-30-42(37-21-8-4-9-22-37)49(48)45-29-13-12-27-41(45)36-19-6-3-7-20-36/h3-35H,1-2H3. The Morgan fingerprint density at radius 2 is 0.827 bits per heavy atom. The van der Waals surface area contributed by atoms with Gasteiger partial charge in [0.15, 0.2) is 0 Å². The third kappa shape index (κ3) is 5.34. The molecule has 0 saturated carbocycles. The van der Waals surface area contributed by atoms with Crippen LogP contribution in [0.1, 0.15) is 25.0 Å². The van der Waals surface area contributed by atoms with Crippen molar-refractivity contribution in [1.82, 2.24) is 0 Å². The van der Waals surface area contributed by atoms with Crippen molar-refractivity contribution in [3.05, 3.63) is 211 Å². The van der Waals surface area contributed by atoms with Gasteiger partial charge in [0.1, 0.15) is 0 Å². The topological polar surface area (TPSA) is 3.24 Å². The van der Waals surface area contributed by atoms with E-state index in [1.165, 1.54) is 66.8 Å². The Labute approximate surface area is 307 Å². The van der Waals surface area contributed by atoms with Crippen LogP contribution in [0.3, 0.4) is 0 Å². The van der Waals surface area contributed by atoms with Crippen LogP contribution >= 0.6 is 0 Å². The Morgan fingerprint density at radius 3 is 1.56 bits per heavy atom. The highest BCUT2D eigenvalue weighted by Crippen LogP contribution is 2.53. The van der Waals surface area contributed by atoms with Crippen molar-refractivity contribution < 1.29 is 0 Å². The largest absolute Gasteiger partial charge is 0.310 e. The average molecular weight is 666 g/mol. The van der Waals surface area contributed by atoms with Crippen molar-refractivity contribution in [3.8, 4) is 55.6 Å². The zero-order chi connectivity index (χ0) is 35.1. The fraction of sp³-hybridized carbons (Fsp3) is 0.0588. The maximum Gasteiger partial charge on any atom is 0.0546 e. The van der Waals surface area contributed by atoms with Gasteiger partial charge >= 0.3 is 0 Å². The van der Waals surface area contributed by atoms with Crippen molar-refractivity contribution >= 4 is 17.1 Å². The summed E-state index contributed by atoms with van der Waals surface area (Å²) in [4.78, 5) is 2.44. The van der Waals surface area contributed by atoms with E-state index in [-0.39, 0.29) is 5.41 Å². The first kappa shape index (κ1) is 31.5. The van der Waals surface area contributed by atoms with E-state index in [9.17, 15) is 0 Å². The fourth-order valence-electron chi connectivity index (χ4n) is 8.34. The van der Waals surface area contributed by atoms with Crippen molar-refractivity contribution in [1.29, 1.82) is 0 Å². The van der Waals surface area contributed by atoms with E-state index < -0.39 is 0 Å². The summed E-state index contributed by atoms with van der Waals surface area (Å²) < 4.78 is 0. The Bertz CT molecular complexity index is 2530. The summed E-state index contributed by atoms with van der Waals surface area (Å²) in [6.07, 6.45) is 0. The quantitative estimate of drug-likeness (QED) is 0.164. The molecular formula is C51H39N. The normalized spacial score (nSPS) is 12.6. The molecule has 0 radical (unpaired) electrons. The lowest BCUT2D eigenvalue weighted by atomic mass is 9.79. The highest BCUT2D eigenvalue weighted by Gasteiger charge is 2.37. The van der Waals surface area contributed by atoms with Gasteiger partial charge < -0.3 is 4.90 Å². The maximum atomic E-state index is 2.44. The minimum atomic E-state index is -0.115. The third-order valence-electron chi connectivity index (χ3n) is 10.7. The number of nitrogens with zero attached hydrogens (tertiary/aromatic N) is 1. The first-order chi connectivity index (χ1) is 25.6. The summed E-state index contributed by atoms with van der Waals surface area (Å²) in [6.45, 7) is 4.74. The lowest BCUT2D eigenvalue weighted by Gasteiger charge is -2.30.